The highest BCUT2D eigenvalue weighted by molar-refractivity contribution is 6.95. The van der Waals surface area contributed by atoms with Gasteiger partial charge in [-0.25, -0.2) is 0 Å². The van der Waals surface area contributed by atoms with Gasteiger partial charge in [0, 0.05) is 10.5 Å². The van der Waals surface area contributed by atoms with Crippen molar-refractivity contribution in [1.29, 1.82) is 0 Å². The normalized spacial score (nSPS) is 14.9. The highest BCUT2D eigenvalue weighted by Gasteiger charge is 2.27. The molecule has 15 heavy (non-hydrogen) atoms. The summed E-state index contributed by atoms with van der Waals surface area (Å²) in [5.41, 5.74) is 0.800. The Morgan fingerprint density at radius 1 is 1.20 bits per heavy atom. The van der Waals surface area contributed by atoms with Gasteiger partial charge in [0.15, 0.2) is 0 Å². The Balaban J connectivity index is 2.85. The Bertz CT molecular complexity index is 297. The van der Waals surface area contributed by atoms with Gasteiger partial charge < -0.3 is 0 Å². The van der Waals surface area contributed by atoms with Gasteiger partial charge >= 0.3 is 0 Å². The molecule has 1 atom stereocenters. The van der Waals surface area contributed by atoms with Crippen molar-refractivity contribution in [3.8, 4) is 0 Å². The molecule has 0 saturated heterocycles. The van der Waals surface area contributed by atoms with Crippen LogP contribution in [0.15, 0.2) is 24.3 Å². The zero-order chi connectivity index (χ0) is 11.3. The maximum absolute atomic E-state index is 6.15. The molecule has 0 aliphatic rings. The number of alkyl halides is 1. The minimum absolute atomic E-state index is 0.800. The van der Waals surface area contributed by atoms with E-state index < -0.39 is 8.07 Å². The monoisotopic (exact) mass is 260 g/mol. The highest BCUT2D eigenvalue weighted by Crippen LogP contribution is 2.17. The zero-order valence-electron chi connectivity index (χ0n) is 9.39. The lowest BCUT2D eigenvalue weighted by atomic mass is 10.4. The third-order valence-electron chi connectivity index (χ3n) is 2.92. The summed E-state index contributed by atoms with van der Waals surface area (Å²) in [6.07, 6.45) is 2.52. The zero-order valence-corrected chi connectivity index (χ0v) is 11.9. The van der Waals surface area contributed by atoms with E-state index in [1.54, 1.807) is 0 Å². The third-order valence-corrected chi connectivity index (χ3v) is 8.71. The van der Waals surface area contributed by atoms with E-state index in [1.165, 1.54) is 24.1 Å². The smallest absolute Gasteiger partial charge is 0.0989 e. The summed E-state index contributed by atoms with van der Waals surface area (Å²) in [4.78, 5) is 0. The van der Waals surface area contributed by atoms with E-state index >= 15 is 0 Å². The van der Waals surface area contributed by atoms with Crippen molar-refractivity contribution in [2.24, 2.45) is 0 Å². The van der Waals surface area contributed by atoms with Gasteiger partial charge in [-0.15, -0.1) is 11.6 Å². The molecule has 84 valence electrons. The lowest BCUT2D eigenvalue weighted by molar-refractivity contribution is 0.870. The van der Waals surface area contributed by atoms with Gasteiger partial charge in [-0.1, -0.05) is 61.3 Å². The van der Waals surface area contributed by atoms with Crippen LogP contribution in [-0.4, -0.2) is 13.6 Å². The molecule has 1 rings (SSSR count). The summed E-state index contributed by atoms with van der Waals surface area (Å²) in [6.45, 7) is 4.59. The van der Waals surface area contributed by atoms with Crippen molar-refractivity contribution in [2.45, 2.75) is 32.4 Å². The lowest BCUT2D eigenvalue weighted by Crippen LogP contribution is -2.46. The second-order valence-corrected chi connectivity index (χ2v) is 10.0. The van der Waals surface area contributed by atoms with Gasteiger partial charge in [0.1, 0.15) is 0 Å². The second-order valence-electron chi connectivity index (χ2n) is 4.30. The Hall–Kier alpha value is 0.0169. The van der Waals surface area contributed by atoms with Crippen LogP contribution >= 0.6 is 23.2 Å². The van der Waals surface area contributed by atoms with Crippen LogP contribution in [0.5, 0.6) is 0 Å². The largest absolute Gasteiger partial charge is 0.130 e. The molecule has 0 fully saturated rings. The van der Waals surface area contributed by atoms with Gasteiger partial charge in [0.2, 0.25) is 0 Å². The first-order valence-corrected chi connectivity index (χ1v) is 9.27. The molecule has 0 aliphatic heterocycles. The topological polar surface area (TPSA) is 0 Å². The fourth-order valence-electron chi connectivity index (χ4n) is 1.71. The fourth-order valence-corrected chi connectivity index (χ4v) is 5.38. The van der Waals surface area contributed by atoms with Crippen LogP contribution in [0.25, 0.3) is 0 Å². The molecule has 0 heterocycles. The Kier molecular flexibility index (Phi) is 5.17. The lowest BCUT2D eigenvalue weighted by Gasteiger charge is -2.25. The number of hydrogen-bond donors (Lipinski definition) is 0. The van der Waals surface area contributed by atoms with Crippen molar-refractivity contribution in [2.75, 3.05) is 5.50 Å². The van der Waals surface area contributed by atoms with Crippen molar-refractivity contribution in [1.82, 2.24) is 0 Å². The average Bonchev–Trinajstić information content (AvgIpc) is 2.27. The van der Waals surface area contributed by atoms with E-state index in [0.717, 1.165) is 10.5 Å². The highest BCUT2D eigenvalue weighted by atomic mass is 35.5. The van der Waals surface area contributed by atoms with Crippen LogP contribution in [0.3, 0.4) is 0 Å². The van der Waals surface area contributed by atoms with Crippen molar-refractivity contribution in [3.63, 3.8) is 0 Å². The molecule has 0 aliphatic carbocycles. The molecule has 0 bridgehead atoms. The van der Waals surface area contributed by atoms with Gasteiger partial charge in [0.05, 0.1) is 8.07 Å². The molecule has 1 aromatic rings. The molecule has 0 amide bonds. The molecule has 0 aromatic heterocycles. The summed E-state index contributed by atoms with van der Waals surface area (Å²) >= 11 is 12.0. The summed E-state index contributed by atoms with van der Waals surface area (Å²) in [5, 5.41) is 2.23. The first-order valence-electron chi connectivity index (χ1n) is 5.44. The third kappa shape index (κ3) is 3.51. The maximum Gasteiger partial charge on any atom is 0.0989 e. The number of rotatable bonds is 5. The molecule has 3 heteroatoms. The number of hydrogen-bond acceptors (Lipinski definition) is 0. The molecule has 0 spiro atoms. The molecular formula is C12H18Cl2Si. The second kappa shape index (κ2) is 5.93. The molecule has 0 N–H and O–H groups in total. The van der Waals surface area contributed by atoms with E-state index in [0.29, 0.717) is 0 Å². The van der Waals surface area contributed by atoms with Crippen LogP contribution in [-0.2, 0) is 0 Å². The van der Waals surface area contributed by atoms with E-state index in [-0.39, 0.29) is 0 Å². The number of unbranched alkanes of at least 4 members (excludes halogenated alkanes) is 1. The minimum Gasteiger partial charge on any atom is -0.130 e. The van der Waals surface area contributed by atoms with E-state index in [4.69, 9.17) is 23.2 Å². The van der Waals surface area contributed by atoms with Crippen molar-refractivity contribution >= 4 is 36.5 Å². The van der Waals surface area contributed by atoms with Crippen LogP contribution in [0.1, 0.15) is 19.8 Å². The van der Waals surface area contributed by atoms with Gasteiger partial charge in [-0.05, 0) is 12.1 Å². The maximum atomic E-state index is 6.15. The minimum atomic E-state index is -1.44. The SMILES string of the molecule is CCCC[Si](C)(CCl)c1ccc(Cl)cc1. The van der Waals surface area contributed by atoms with E-state index in [9.17, 15) is 0 Å². The van der Waals surface area contributed by atoms with Crippen LogP contribution in [0.2, 0.25) is 17.6 Å². The van der Waals surface area contributed by atoms with Crippen LogP contribution in [0, 0.1) is 0 Å². The van der Waals surface area contributed by atoms with Crippen LogP contribution < -0.4 is 5.19 Å². The van der Waals surface area contributed by atoms with Crippen molar-refractivity contribution < 1.29 is 0 Å². The summed E-state index contributed by atoms with van der Waals surface area (Å²) in [6, 6.07) is 9.51. The molecule has 0 saturated carbocycles. The Labute approximate surface area is 104 Å². The molecule has 0 radical (unpaired) electrons. The van der Waals surface area contributed by atoms with Gasteiger partial charge in [0.25, 0.3) is 0 Å². The Morgan fingerprint density at radius 3 is 2.27 bits per heavy atom. The Morgan fingerprint density at radius 2 is 1.80 bits per heavy atom. The summed E-state index contributed by atoms with van der Waals surface area (Å²) in [7, 11) is -1.44. The number of benzene rings is 1. The first kappa shape index (κ1) is 13.1. The molecular weight excluding hydrogens is 243 g/mol. The molecule has 1 aromatic carbocycles. The standard InChI is InChI=1S/C12H18Cl2Si/c1-3-4-9-15(2,10-13)12-7-5-11(14)6-8-12/h5-8H,3-4,9-10H2,1-2H3. The quantitative estimate of drug-likeness (QED) is 0.550. The van der Waals surface area contributed by atoms with E-state index in [1.807, 2.05) is 12.1 Å². The average molecular weight is 261 g/mol. The predicted molar refractivity (Wildman–Crippen MR) is 73.1 cm³/mol. The first-order chi connectivity index (χ1) is 7.12. The number of halogens is 2. The van der Waals surface area contributed by atoms with E-state index in [2.05, 4.69) is 25.6 Å². The predicted octanol–water partition coefficient (Wildman–Crippen LogP) is 4.20. The summed E-state index contributed by atoms with van der Waals surface area (Å²) in [5.74, 6) is 0. The van der Waals surface area contributed by atoms with Gasteiger partial charge in [-0.2, -0.15) is 0 Å². The molecule has 1 unspecified atom stereocenters. The molecule has 0 nitrogen and oxygen atoms in total. The van der Waals surface area contributed by atoms with Gasteiger partial charge in [-0.3, -0.25) is 0 Å². The summed E-state index contributed by atoms with van der Waals surface area (Å²) < 4.78 is 0. The van der Waals surface area contributed by atoms with Crippen molar-refractivity contribution in [3.05, 3.63) is 29.3 Å². The van der Waals surface area contributed by atoms with Crippen LogP contribution in [0.4, 0.5) is 0 Å². The fraction of sp³-hybridized carbons (Fsp3) is 0.500.